The van der Waals surface area contributed by atoms with Gasteiger partial charge < -0.3 is 15.4 Å². The molecular formula is C20H34N4O. The predicted molar refractivity (Wildman–Crippen MR) is 105 cm³/mol. The Bertz CT molecular complexity index is 518. The Morgan fingerprint density at radius 2 is 2.04 bits per heavy atom. The predicted octanol–water partition coefficient (Wildman–Crippen LogP) is 2.49. The molecule has 0 radical (unpaired) electrons. The minimum atomic E-state index is 0.449. The first-order valence-electron chi connectivity index (χ1n) is 9.50. The first-order chi connectivity index (χ1) is 12.1. The van der Waals surface area contributed by atoms with Crippen LogP contribution in [-0.4, -0.2) is 55.7 Å². The van der Waals surface area contributed by atoms with Crippen LogP contribution in [-0.2, 0) is 11.3 Å². The van der Waals surface area contributed by atoms with Crippen LogP contribution in [0.15, 0.2) is 35.3 Å². The van der Waals surface area contributed by atoms with Gasteiger partial charge in [0.05, 0.1) is 19.8 Å². The van der Waals surface area contributed by atoms with Crippen LogP contribution in [0.4, 0.5) is 0 Å². The lowest BCUT2D eigenvalue weighted by Crippen LogP contribution is -2.47. The Morgan fingerprint density at radius 3 is 2.68 bits per heavy atom. The molecule has 0 aliphatic carbocycles. The van der Waals surface area contributed by atoms with E-state index in [1.807, 2.05) is 18.2 Å². The third-order valence-corrected chi connectivity index (χ3v) is 4.65. The summed E-state index contributed by atoms with van der Waals surface area (Å²) in [5, 5.41) is 6.95. The van der Waals surface area contributed by atoms with E-state index in [0.29, 0.717) is 37.8 Å². The van der Waals surface area contributed by atoms with E-state index in [2.05, 4.69) is 60.4 Å². The van der Waals surface area contributed by atoms with Crippen molar-refractivity contribution in [2.75, 3.05) is 32.8 Å². The third kappa shape index (κ3) is 6.67. The van der Waals surface area contributed by atoms with Crippen molar-refractivity contribution in [3.05, 3.63) is 35.9 Å². The first kappa shape index (κ1) is 19.7. The molecule has 0 saturated carbocycles. The van der Waals surface area contributed by atoms with Gasteiger partial charge in [0.2, 0.25) is 0 Å². The molecule has 1 aromatic rings. The molecule has 0 bridgehead atoms. The smallest absolute Gasteiger partial charge is 0.191 e. The summed E-state index contributed by atoms with van der Waals surface area (Å²) in [7, 11) is 0. The summed E-state index contributed by atoms with van der Waals surface area (Å²) in [6.45, 7) is 14.0. The number of ether oxygens (including phenoxy) is 1. The van der Waals surface area contributed by atoms with Crippen LogP contribution < -0.4 is 10.6 Å². The van der Waals surface area contributed by atoms with E-state index in [1.165, 1.54) is 5.56 Å². The van der Waals surface area contributed by atoms with E-state index in [1.54, 1.807) is 0 Å². The summed E-state index contributed by atoms with van der Waals surface area (Å²) < 4.78 is 5.72. The van der Waals surface area contributed by atoms with Gasteiger partial charge in [0.25, 0.3) is 0 Å². The van der Waals surface area contributed by atoms with Gasteiger partial charge in [-0.15, -0.1) is 0 Å². The minimum Gasteiger partial charge on any atom is -0.375 e. The lowest BCUT2D eigenvalue weighted by molar-refractivity contribution is 0.128. The van der Waals surface area contributed by atoms with Crippen molar-refractivity contribution in [3.63, 3.8) is 0 Å². The summed E-state index contributed by atoms with van der Waals surface area (Å²) in [4.78, 5) is 7.19. The molecule has 1 aromatic carbocycles. The van der Waals surface area contributed by atoms with Gasteiger partial charge in [0, 0.05) is 31.7 Å². The van der Waals surface area contributed by atoms with Gasteiger partial charge in [-0.2, -0.15) is 0 Å². The van der Waals surface area contributed by atoms with E-state index in [4.69, 9.17) is 4.74 Å². The van der Waals surface area contributed by atoms with Gasteiger partial charge in [-0.3, -0.25) is 9.89 Å². The van der Waals surface area contributed by atoms with E-state index in [0.717, 1.165) is 25.6 Å². The molecule has 0 amide bonds. The molecule has 140 valence electrons. The van der Waals surface area contributed by atoms with Crippen LogP contribution in [0.2, 0.25) is 0 Å². The second-order valence-corrected chi connectivity index (χ2v) is 7.07. The van der Waals surface area contributed by atoms with Gasteiger partial charge in [-0.25, -0.2) is 0 Å². The van der Waals surface area contributed by atoms with Gasteiger partial charge in [-0.05, 0) is 32.3 Å². The summed E-state index contributed by atoms with van der Waals surface area (Å²) in [5.41, 5.74) is 1.20. The number of nitrogens with zero attached hydrogens (tertiary/aromatic N) is 2. The average molecular weight is 347 g/mol. The molecule has 1 aliphatic rings. The van der Waals surface area contributed by atoms with E-state index in [9.17, 15) is 0 Å². The number of hydrogen-bond acceptors (Lipinski definition) is 3. The molecule has 0 spiro atoms. The van der Waals surface area contributed by atoms with Crippen molar-refractivity contribution in [1.82, 2.24) is 15.5 Å². The van der Waals surface area contributed by atoms with Crippen molar-refractivity contribution in [2.24, 2.45) is 10.9 Å². The maximum atomic E-state index is 5.72. The molecule has 2 unspecified atom stereocenters. The van der Waals surface area contributed by atoms with Crippen LogP contribution in [0.5, 0.6) is 0 Å². The van der Waals surface area contributed by atoms with E-state index < -0.39 is 0 Å². The molecule has 2 atom stereocenters. The molecule has 1 fully saturated rings. The quantitative estimate of drug-likeness (QED) is 0.431. The van der Waals surface area contributed by atoms with Crippen molar-refractivity contribution in [1.29, 1.82) is 0 Å². The summed E-state index contributed by atoms with van der Waals surface area (Å²) >= 11 is 0. The SMILES string of the molecule is CCNC(=NCCOCc1ccccc1)NC1CN(C(C)C)CC1C. The number of hydrogen-bond donors (Lipinski definition) is 2. The number of nitrogens with one attached hydrogen (secondary N) is 2. The number of guanidine groups is 1. The average Bonchev–Trinajstić information content (AvgIpc) is 2.97. The zero-order valence-electron chi connectivity index (χ0n) is 16.2. The molecule has 0 aromatic heterocycles. The molecule has 1 saturated heterocycles. The highest BCUT2D eigenvalue weighted by Gasteiger charge is 2.31. The van der Waals surface area contributed by atoms with Crippen LogP contribution in [0.1, 0.15) is 33.3 Å². The topological polar surface area (TPSA) is 48.9 Å². The highest BCUT2D eigenvalue weighted by molar-refractivity contribution is 5.80. The number of likely N-dealkylation sites (tertiary alicyclic amines) is 1. The van der Waals surface area contributed by atoms with Gasteiger partial charge in [-0.1, -0.05) is 37.3 Å². The number of aliphatic imine (C=N–C) groups is 1. The molecule has 25 heavy (non-hydrogen) atoms. The standard InChI is InChI=1S/C20H34N4O/c1-5-21-20(23-19-14-24(16(2)3)13-17(19)4)22-11-12-25-15-18-9-7-6-8-10-18/h6-10,16-17,19H,5,11-15H2,1-4H3,(H2,21,22,23). The molecule has 5 nitrogen and oxygen atoms in total. The minimum absolute atomic E-state index is 0.449. The normalized spacial score (nSPS) is 21.7. The number of rotatable bonds is 8. The lowest BCUT2D eigenvalue weighted by atomic mass is 10.1. The van der Waals surface area contributed by atoms with Crippen molar-refractivity contribution >= 4 is 5.96 Å². The van der Waals surface area contributed by atoms with Crippen molar-refractivity contribution < 1.29 is 4.74 Å². The monoisotopic (exact) mass is 346 g/mol. The highest BCUT2D eigenvalue weighted by Crippen LogP contribution is 2.18. The molecule has 2 N–H and O–H groups in total. The lowest BCUT2D eigenvalue weighted by Gasteiger charge is -2.21. The third-order valence-electron chi connectivity index (χ3n) is 4.65. The second kappa shape index (κ2) is 10.4. The maximum absolute atomic E-state index is 5.72. The van der Waals surface area contributed by atoms with Crippen molar-refractivity contribution in [2.45, 2.75) is 46.4 Å². The zero-order valence-corrected chi connectivity index (χ0v) is 16.2. The zero-order chi connectivity index (χ0) is 18.1. The fraction of sp³-hybridized carbons (Fsp3) is 0.650. The number of benzene rings is 1. The maximum Gasteiger partial charge on any atom is 0.191 e. The second-order valence-electron chi connectivity index (χ2n) is 7.07. The highest BCUT2D eigenvalue weighted by atomic mass is 16.5. The Morgan fingerprint density at radius 1 is 1.28 bits per heavy atom. The van der Waals surface area contributed by atoms with Gasteiger partial charge in [0.15, 0.2) is 5.96 Å². The van der Waals surface area contributed by atoms with Crippen LogP contribution in [0.3, 0.4) is 0 Å². The van der Waals surface area contributed by atoms with Gasteiger partial charge >= 0.3 is 0 Å². The molecular weight excluding hydrogens is 312 g/mol. The van der Waals surface area contributed by atoms with Crippen LogP contribution in [0.25, 0.3) is 0 Å². The van der Waals surface area contributed by atoms with E-state index >= 15 is 0 Å². The molecule has 1 heterocycles. The Hall–Kier alpha value is -1.59. The Labute approximate surface area is 152 Å². The van der Waals surface area contributed by atoms with Crippen LogP contribution >= 0.6 is 0 Å². The largest absolute Gasteiger partial charge is 0.375 e. The molecule has 5 heteroatoms. The summed E-state index contributed by atoms with van der Waals surface area (Å²) in [6, 6.07) is 11.3. The summed E-state index contributed by atoms with van der Waals surface area (Å²) in [5.74, 6) is 1.52. The molecule has 2 rings (SSSR count). The van der Waals surface area contributed by atoms with Crippen molar-refractivity contribution in [3.8, 4) is 0 Å². The van der Waals surface area contributed by atoms with Crippen LogP contribution in [0, 0.1) is 5.92 Å². The fourth-order valence-electron chi connectivity index (χ4n) is 3.10. The summed E-state index contributed by atoms with van der Waals surface area (Å²) in [6.07, 6.45) is 0. The van der Waals surface area contributed by atoms with E-state index in [-0.39, 0.29) is 0 Å². The Balaban J connectivity index is 1.76. The fourth-order valence-corrected chi connectivity index (χ4v) is 3.10. The first-order valence-corrected chi connectivity index (χ1v) is 9.50. The molecule has 1 aliphatic heterocycles. The Kier molecular flexibility index (Phi) is 8.22. The van der Waals surface area contributed by atoms with Gasteiger partial charge in [0.1, 0.15) is 0 Å².